The molecular weight excluding hydrogens is 210 g/mol. The Morgan fingerprint density at radius 1 is 1.20 bits per heavy atom. The lowest BCUT2D eigenvalue weighted by atomic mass is 10.1. The van der Waals surface area contributed by atoms with Crippen LogP contribution >= 0.6 is 0 Å². The van der Waals surface area contributed by atoms with Gasteiger partial charge in [0.05, 0.1) is 11.5 Å². The lowest BCUT2D eigenvalue weighted by Gasteiger charge is -2.05. The zero-order chi connectivity index (χ0) is 11.5. The van der Waals surface area contributed by atoms with Gasteiger partial charge in [0.2, 0.25) is 0 Å². The Morgan fingerprint density at radius 2 is 1.87 bits per heavy atom. The minimum Gasteiger partial charge on any atom is -0.329 e. The molecular formula is C11H17NO2S. The Labute approximate surface area is 91.2 Å². The molecule has 2 N–H and O–H groups in total. The lowest BCUT2D eigenvalue weighted by molar-refractivity contribution is 0.595. The molecule has 4 heteroatoms. The van der Waals surface area contributed by atoms with E-state index in [0.29, 0.717) is 0 Å². The number of aryl methyl sites for hydroxylation is 2. The van der Waals surface area contributed by atoms with Crippen LogP contribution in [0.5, 0.6) is 0 Å². The maximum atomic E-state index is 11.5. The zero-order valence-electron chi connectivity index (χ0n) is 9.16. The molecule has 0 radical (unpaired) electrons. The highest BCUT2D eigenvalue weighted by molar-refractivity contribution is 7.90. The molecule has 0 amide bonds. The maximum absolute atomic E-state index is 11.5. The molecule has 15 heavy (non-hydrogen) atoms. The molecule has 0 atom stereocenters. The summed E-state index contributed by atoms with van der Waals surface area (Å²) in [6.45, 7) is 4.18. The second-order valence-corrected chi connectivity index (χ2v) is 5.98. The third-order valence-electron chi connectivity index (χ3n) is 2.39. The van der Waals surface area contributed by atoms with Crippen molar-refractivity contribution in [3.8, 4) is 0 Å². The van der Waals surface area contributed by atoms with Gasteiger partial charge in [-0.25, -0.2) is 8.42 Å². The number of benzene rings is 1. The smallest absolute Gasteiger partial charge is 0.155 e. The number of hydrogen-bond donors (Lipinski definition) is 1. The van der Waals surface area contributed by atoms with Crippen LogP contribution < -0.4 is 5.73 Å². The standard InChI is InChI=1S/C11H17NO2S/c1-9-3-4-11(7-10(9)2)8-15(13,14)6-5-12/h3-4,7H,5-6,8,12H2,1-2H3. The van der Waals surface area contributed by atoms with Crippen molar-refractivity contribution in [1.29, 1.82) is 0 Å². The quantitative estimate of drug-likeness (QED) is 0.840. The minimum atomic E-state index is -3.04. The summed E-state index contributed by atoms with van der Waals surface area (Å²) >= 11 is 0. The fraction of sp³-hybridized carbons (Fsp3) is 0.455. The summed E-state index contributed by atoms with van der Waals surface area (Å²) in [7, 11) is -3.04. The first kappa shape index (κ1) is 12.2. The molecule has 1 rings (SSSR count). The molecule has 1 aromatic rings. The number of nitrogens with two attached hydrogens (primary N) is 1. The van der Waals surface area contributed by atoms with E-state index < -0.39 is 9.84 Å². The summed E-state index contributed by atoms with van der Waals surface area (Å²) in [6, 6.07) is 5.72. The van der Waals surface area contributed by atoms with Gasteiger partial charge < -0.3 is 5.73 Å². The lowest BCUT2D eigenvalue weighted by Crippen LogP contribution is -2.17. The number of rotatable bonds is 4. The fourth-order valence-electron chi connectivity index (χ4n) is 1.40. The second-order valence-electron chi connectivity index (χ2n) is 3.80. The molecule has 0 heterocycles. The molecule has 0 unspecified atom stereocenters. The summed E-state index contributed by atoms with van der Waals surface area (Å²) < 4.78 is 23.0. The Kier molecular flexibility index (Phi) is 3.88. The van der Waals surface area contributed by atoms with Crippen LogP contribution in [0.2, 0.25) is 0 Å². The largest absolute Gasteiger partial charge is 0.329 e. The van der Waals surface area contributed by atoms with Gasteiger partial charge in [-0.15, -0.1) is 0 Å². The van der Waals surface area contributed by atoms with E-state index in [2.05, 4.69) is 0 Å². The summed E-state index contributed by atoms with van der Waals surface area (Å²) in [5.74, 6) is 0.144. The van der Waals surface area contributed by atoms with E-state index in [4.69, 9.17) is 5.73 Å². The van der Waals surface area contributed by atoms with Gasteiger partial charge in [0.25, 0.3) is 0 Å². The van der Waals surface area contributed by atoms with Gasteiger partial charge in [0.15, 0.2) is 9.84 Å². The van der Waals surface area contributed by atoms with Gasteiger partial charge in [0, 0.05) is 6.54 Å². The second kappa shape index (κ2) is 4.77. The van der Waals surface area contributed by atoms with Crippen LogP contribution in [0.4, 0.5) is 0 Å². The van der Waals surface area contributed by atoms with E-state index in [1.807, 2.05) is 32.0 Å². The molecule has 1 aromatic carbocycles. The normalized spacial score (nSPS) is 11.7. The van der Waals surface area contributed by atoms with E-state index in [9.17, 15) is 8.42 Å². The highest BCUT2D eigenvalue weighted by atomic mass is 32.2. The average Bonchev–Trinajstić information content (AvgIpc) is 2.10. The third kappa shape index (κ3) is 3.64. The highest BCUT2D eigenvalue weighted by Crippen LogP contribution is 2.12. The van der Waals surface area contributed by atoms with E-state index >= 15 is 0 Å². The van der Waals surface area contributed by atoms with Crippen LogP contribution in [0.3, 0.4) is 0 Å². The first-order valence-corrected chi connectivity index (χ1v) is 6.73. The molecule has 0 spiro atoms. The van der Waals surface area contributed by atoms with Gasteiger partial charge in [-0.1, -0.05) is 18.2 Å². The molecule has 0 aliphatic rings. The summed E-state index contributed by atoms with van der Waals surface area (Å²) in [4.78, 5) is 0. The first-order chi connectivity index (χ1) is 6.94. The maximum Gasteiger partial charge on any atom is 0.155 e. The molecule has 84 valence electrons. The molecule has 0 aliphatic carbocycles. The van der Waals surface area contributed by atoms with Crippen LogP contribution in [0, 0.1) is 13.8 Å². The van der Waals surface area contributed by atoms with Crippen molar-refractivity contribution in [2.45, 2.75) is 19.6 Å². The average molecular weight is 227 g/mol. The Morgan fingerprint density at radius 3 is 2.40 bits per heavy atom. The van der Waals surface area contributed by atoms with E-state index in [1.165, 1.54) is 5.56 Å². The zero-order valence-corrected chi connectivity index (χ0v) is 9.97. The van der Waals surface area contributed by atoms with E-state index in [1.54, 1.807) is 0 Å². The van der Waals surface area contributed by atoms with Gasteiger partial charge in [0.1, 0.15) is 0 Å². The SMILES string of the molecule is Cc1ccc(CS(=O)(=O)CCN)cc1C. The molecule has 0 bridgehead atoms. The Balaban J connectivity index is 2.86. The van der Waals surface area contributed by atoms with E-state index in [0.717, 1.165) is 11.1 Å². The number of sulfone groups is 1. The van der Waals surface area contributed by atoms with Gasteiger partial charge >= 0.3 is 0 Å². The third-order valence-corrected chi connectivity index (χ3v) is 4.02. The first-order valence-electron chi connectivity index (χ1n) is 4.91. The summed E-state index contributed by atoms with van der Waals surface area (Å²) in [5.41, 5.74) is 8.38. The van der Waals surface area contributed by atoms with Gasteiger partial charge in [-0.2, -0.15) is 0 Å². The fourth-order valence-corrected chi connectivity index (χ4v) is 2.59. The minimum absolute atomic E-state index is 0.0555. The van der Waals surface area contributed by atoms with Crippen molar-refractivity contribution in [3.63, 3.8) is 0 Å². The van der Waals surface area contributed by atoms with E-state index in [-0.39, 0.29) is 18.1 Å². The van der Waals surface area contributed by atoms with Crippen molar-refractivity contribution in [3.05, 3.63) is 34.9 Å². The molecule has 0 saturated heterocycles. The molecule has 0 saturated carbocycles. The van der Waals surface area contributed by atoms with Gasteiger partial charge in [-0.05, 0) is 30.5 Å². The van der Waals surface area contributed by atoms with Crippen LogP contribution in [0.15, 0.2) is 18.2 Å². The van der Waals surface area contributed by atoms with Crippen LogP contribution in [-0.2, 0) is 15.6 Å². The summed E-state index contributed by atoms with van der Waals surface area (Å²) in [5, 5.41) is 0. The van der Waals surface area contributed by atoms with Crippen LogP contribution in [0.1, 0.15) is 16.7 Å². The van der Waals surface area contributed by atoms with Crippen molar-refractivity contribution in [2.75, 3.05) is 12.3 Å². The highest BCUT2D eigenvalue weighted by Gasteiger charge is 2.10. The number of hydrogen-bond acceptors (Lipinski definition) is 3. The molecule has 0 fully saturated rings. The summed E-state index contributed by atoms with van der Waals surface area (Å²) in [6.07, 6.45) is 0. The predicted molar refractivity (Wildman–Crippen MR) is 62.5 cm³/mol. The van der Waals surface area contributed by atoms with Crippen molar-refractivity contribution >= 4 is 9.84 Å². The van der Waals surface area contributed by atoms with Crippen LogP contribution in [0.25, 0.3) is 0 Å². The van der Waals surface area contributed by atoms with Crippen LogP contribution in [-0.4, -0.2) is 20.7 Å². The topological polar surface area (TPSA) is 60.2 Å². The van der Waals surface area contributed by atoms with Gasteiger partial charge in [-0.3, -0.25) is 0 Å². The predicted octanol–water partition coefficient (Wildman–Crippen LogP) is 1.18. The monoisotopic (exact) mass is 227 g/mol. The Hall–Kier alpha value is -0.870. The van der Waals surface area contributed by atoms with Crippen molar-refractivity contribution < 1.29 is 8.42 Å². The molecule has 0 aliphatic heterocycles. The van der Waals surface area contributed by atoms with Crippen molar-refractivity contribution in [2.24, 2.45) is 5.73 Å². The van der Waals surface area contributed by atoms with Crippen molar-refractivity contribution in [1.82, 2.24) is 0 Å². The molecule has 0 aromatic heterocycles. The molecule has 3 nitrogen and oxygen atoms in total. The Bertz CT molecular complexity index is 438.